The van der Waals surface area contributed by atoms with Gasteiger partial charge in [-0.2, -0.15) is 5.10 Å². The zero-order chi connectivity index (χ0) is 22.0. The molecule has 3 heterocycles. The summed E-state index contributed by atoms with van der Waals surface area (Å²) in [5.41, 5.74) is 0.365. The third-order valence-electron chi connectivity index (χ3n) is 5.05. The van der Waals surface area contributed by atoms with Crippen molar-refractivity contribution >= 4 is 28.1 Å². The molecule has 1 aliphatic carbocycles. The highest BCUT2D eigenvalue weighted by atomic mass is 32.1. The van der Waals surface area contributed by atoms with Gasteiger partial charge in [0.25, 0.3) is 5.91 Å². The van der Waals surface area contributed by atoms with Crippen molar-refractivity contribution in [1.82, 2.24) is 20.0 Å². The minimum atomic E-state index is -0.798. The number of aliphatic hydroxyl groups excluding tert-OH is 1. The fourth-order valence-corrected chi connectivity index (χ4v) is 4.21. The Morgan fingerprint density at radius 3 is 2.87 bits per heavy atom. The standard InChI is InChI=1S/C19H22N6O5S/c1-10-7-8-20-25(10)19-24-23-18(31-19)22-16(27)14-9-12(15(29-2)17(28)30-14)21-11-5-3-4-6-13(11)26/h7-9,11,13,21,26H,3-6H2,1-2H3,(H,22,23,27)/t11-,13+/m1/s1. The van der Waals surface area contributed by atoms with Crippen LogP contribution in [0.2, 0.25) is 0 Å². The number of carbonyl (C=O) groups is 1. The quantitative estimate of drug-likeness (QED) is 0.517. The molecule has 0 spiro atoms. The van der Waals surface area contributed by atoms with E-state index < -0.39 is 17.6 Å². The van der Waals surface area contributed by atoms with Crippen LogP contribution in [0.25, 0.3) is 5.13 Å². The Balaban J connectivity index is 1.55. The van der Waals surface area contributed by atoms with Gasteiger partial charge in [0.05, 0.1) is 24.9 Å². The van der Waals surface area contributed by atoms with Crippen molar-refractivity contribution in [2.75, 3.05) is 17.7 Å². The molecule has 1 amide bonds. The molecule has 0 aromatic carbocycles. The van der Waals surface area contributed by atoms with Gasteiger partial charge >= 0.3 is 5.63 Å². The molecule has 1 saturated carbocycles. The molecule has 3 N–H and O–H groups in total. The molecule has 0 bridgehead atoms. The molecule has 1 fully saturated rings. The van der Waals surface area contributed by atoms with Gasteiger partial charge in [-0.1, -0.05) is 24.2 Å². The number of nitrogens with one attached hydrogen (secondary N) is 2. The van der Waals surface area contributed by atoms with Crippen molar-refractivity contribution in [2.45, 2.75) is 44.8 Å². The second kappa shape index (κ2) is 8.86. The summed E-state index contributed by atoms with van der Waals surface area (Å²) in [6.07, 6.45) is 4.41. The van der Waals surface area contributed by atoms with Crippen LogP contribution in [0, 0.1) is 6.92 Å². The number of amides is 1. The first-order valence-electron chi connectivity index (χ1n) is 9.79. The van der Waals surface area contributed by atoms with E-state index in [4.69, 9.17) is 9.15 Å². The van der Waals surface area contributed by atoms with Gasteiger partial charge in [0.1, 0.15) is 0 Å². The Kier molecular flexibility index (Phi) is 6.00. The van der Waals surface area contributed by atoms with Gasteiger partial charge < -0.3 is 19.6 Å². The van der Waals surface area contributed by atoms with Gasteiger partial charge in [0.15, 0.2) is 5.76 Å². The van der Waals surface area contributed by atoms with Gasteiger partial charge in [-0.05, 0) is 25.8 Å². The second-order valence-corrected chi connectivity index (χ2v) is 8.13. The highest BCUT2D eigenvalue weighted by molar-refractivity contribution is 7.17. The second-order valence-electron chi connectivity index (χ2n) is 7.18. The minimum Gasteiger partial charge on any atom is -0.488 e. The summed E-state index contributed by atoms with van der Waals surface area (Å²) in [7, 11) is 1.34. The van der Waals surface area contributed by atoms with Gasteiger partial charge in [-0.3, -0.25) is 10.1 Å². The maximum Gasteiger partial charge on any atom is 0.381 e. The maximum absolute atomic E-state index is 12.7. The number of rotatable bonds is 6. The van der Waals surface area contributed by atoms with Crippen LogP contribution in [0.3, 0.4) is 0 Å². The van der Waals surface area contributed by atoms with E-state index in [0.717, 1.165) is 36.3 Å². The average Bonchev–Trinajstić information content (AvgIpc) is 3.38. The molecule has 4 rings (SSSR count). The van der Waals surface area contributed by atoms with E-state index in [1.807, 2.05) is 13.0 Å². The minimum absolute atomic E-state index is 0.0540. The zero-order valence-corrected chi connectivity index (χ0v) is 17.8. The van der Waals surface area contributed by atoms with Gasteiger partial charge in [0, 0.05) is 18.0 Å². The van der Waals surface area contributed by atoms with E-state index in [0.29, 0.717) is 17.2 Å². The Morgan fingerprint density at radius 2 is 2.16 bits per heavy atom. The largest absolute Gasteiger partial charge is 0.488 e. The van der Waals surface area contributed by atoms with Crippen LogP contribution in [0.5, 0.6) is 5.75 Å². The number of nitrogens with zero attached hydrogens (tertiary/aromatic N) is 4. The topological polar surface area (TPSA) is 144 Å². The molecule has 12 heteroatoms. The number of ether oxygens (including phenoxy) is 1. The lowest BCUT2D eigenvalue weighted by Crippen LogP contribution is -2.36. The van der Waals surface area contributed by atoms with Gasteiger partial charge in [-0.15, -0.1) is 10.2 Å². The van der Waals surface area contributed by atoms with Crippen molar-refractivity contribution in [3.63, 3.8) is 0 Å². The van der Waals surface area contributed by atoms with E-state index in [1.54, 1.807) is 10.9 Å². The Hall–Kier alpha value is -3.25. The molecule has 31 heavy (non-hydrogen) atoms. The molecular formula is C19H22N6O5S. The van der Waals surface area contributed by atoms with Gasteiger partial charge in [-0.25, -0.2) is 9.48 Å². The average molecular weight is 446 g/mol. The van der Waals surface area contributed by atoms with E-state index >= 15 is 0 Å². The summed E-state index contributed by atoms with van der Waals surface area (Å²) < 4.78 is 11.9. The van der Waals surface area contributed by atoms with Crippen LogP contribution in [-0.2, 0) is 0 Å². The summed E-state index contributed by atoms with van der Waals surface area (Å²) in [6.45, 7) is 1.87. The molecule has 11 nitrogen and oxygen atoms in total. The lowest BCUT2D eigenvalue weighted by molar-refractivity contribution is 0.0991. The number of aliphatic hydroxyl groups is 1. The normalized spacial score (nSPS) is 18.5. The molecule has 0 saturated heterocycles. The number of aromatic nitrogens is 4. The van der Waals surface area contributed by atoms with Crippen LogP contribution in [0.1, 0.15) is 41.9 Å². The summed E-state index contributed by atoms with van der Waals surface area (Å²) in [5.74, 6) is -0.931. The molecule has 0 aliphatic heterocycles. The van der Waals surface area contributed by atoms with E-state index in [-0.39, 0.29) is 22.7 Å². The number of aryl methyl sites for hydroxylation is 1. The van der Waals surface area contributed by atoms with Crippen molar-refractivity contribution in [1.29, 1.82) is 0 Å². The predicted octanol–water partition coefficient (Wildman–Crippen LogP) is 1.96. The molecule has 1 aliphatic rings. The zero-order valence-electron chi connectivity index (χ0n) is 17.0. The fraction of sp³-hybridized carbons (Fsp3) is 0.421. The van der Waals surface area contributed by atoms with Crippen molar-refractivity contribution < 1.29 is 19.1 Å². The fourth-order valence-electron chi connectivity index (χ4n) is 3.45. The van der Waals surface area contributed by atoms with Crippen LogP contribution >= 0.6 is 11.3 Å². The first-order chi connectivity index (χ1) is 15.0. The molecular weight excluding hydrogens is 424 g/mol. The van der Waals surface area contributed by atoms with E-state index in [1.165, 1.54) is 13.2 Å². The summed E-state index contributed by atoms with van der Waals surface area (Å²) in [6, 6.07) is 2.96. The predicted molar refractivity (Wildman–Crippen MR) is 113 cm³/mol. The van der Waals surface area contributed by atoms with Crippen LogP contribution < -0.4 is 21.0 Å². The van der Waals surface area contributed by atoms with Crippen LogP contribution in [0.15, 0.2) is 27.5 Å². The Labute approximate surface area is 181 Å². The number of carbonyl (C=O) groups excluding carboxylic acids is 1. The molecule has 164 valence electrons. The molecule has 3 aromatic heterocycles. The molecule has 2 atom stereocenters. The number of anilines is 2. The molecule has 0 radical (unpaired) electrons. The smallest absolute Gasteiger partial charge is 0.381 e. The van der Waals surface area contributed by atoms with Gasteiger partial charge in [0.2, 0.25) is 16.0 Å². The van der Waals surface area contributed by atoms with E-state index in [9.17, 15) is 14.7 Å². The third kappa shape index (κ3) is 4.44. The number of hydrogen-bond donors (Lipinski definition) is 3. The molecule has 0 unspecified atom stereocenters. The Morgan fingerprint density at radius 1 is 1.35 bits per heavy atom. The molecule has 3 aromatic rings. The first kappa shape index (κ1) is 21.0. The lowest BCUT2D eigenvalue weighted by Gasteiger charge is -2.29. The lowest BCUT2D eigenvalue weighted by atomic mass is 9.92. The summed E-state index contributed by atoms with van der Waals surface area (Å²) in [4.78, 5) is 25.1. The van der Waals surface area contributed by atoms with Crippen LogP contribution in [-0.4, -0.2) is 50.2 Å². The third-order valence-corrected chi connectivity index (χ3v) is 5.87. The Bertz CT molecular complexity index is 1140. The number of methoxy groups -OCH3 is 1. The van der Waals surface area contributed by atoms with Crippen molar-refractivity contribution in [3.05, 3.63) is 40.2 Å². The highest BCUT2D eigenvalue weighted by Crippen LogP contribution is 2.28. The highest BCUT2D eigenvalue weighted by Gasteiger charge is 2.26. The number of hydrogen-bond acceptors (Lipinski definition) is 10. The van der Waals surface area contributed by atoms with E-state index in [2.05, 4.69) is 25.9 Å². The first-order valence-corrected chi connectivity index (χ1v) is 10.6. The summed E-state index contributed by atoms with van der Waals surface area (Å²) >= 11 is 1.13. The van der Waals surface area contributed by atoms with Crippen molar-refractivity contribution in [2.24, 2.45) is 0 Å². The monoisotopic (exact) mass is 446 g/mol. The summed E-state index contributed by atoms with van der Waals surface area (Å²) in [5, 5.41) is 28.8. The van der Waals surface area contributed by atoms with Crippen molar-refractivity contribution in [3.8, 4) is 10.9 Å². The maximum atomic E-state index is 12.7. The SMILES string of the molecule is COc1c(N[C@@H]2CCCC[C@@H]2O)cc(C(=O)Nc2nnc(-n3nccc3C)s2)oc1=O. The van der Waals surface area contributed by atoms with Crippen LogP contribution in [0.4, 0.5) is 10.8 Å².